The average Bonchev–Trinajstić information content (AvgIpc) is 1.34. The monoisotopic (exact) mass is 1260 g/mol. The van der Waals surface area contributed by atoms with Crippen LogP contribution in [0.25, 0.3) is 21.5 Å². The summed E-state index contributed by atoms with van der Waals surface area (Å²) in [4.78, 5) is 8.59. The van der Waals surface area contributed by atoms with Gasteiger partial charge in [0.2, 0.25) is 11.9 Å². The normalized spacial score (nSPS) is 12.7. The van der Waals surface area contributed by atoms with Gasteiger partial charge in [-0.2, -0.15) is 69.1 Å². The molecule has 0 saturated heterocycles. The van der Waals surface area contributed by atoms with Crippen LogP contribution in [-0.4, -0.2) is 88.8 Å². The highest BCUT2D eigenvalue weighted by Gasteiger charge is 2.26. The van der Waals surface area contributed by atoms with Crippen molar-refractivity contribution in [3.63, 3.8) is 0 Å². The fourth-order valence-corrected chi connectivity index (χ4v) is 13.2. The van der Waals surface area contributed by atoms with Crippen LogP contribution in [0.2, 0.25) is 0 Å². The van der Waals surface area contributed by atoms with E-state index < -0.39 is 97.5 Å². The van der Waals surface area contributed by atoms with Gasteiger partial charge in [0, 0.05) is 32.9 Å². The fourth-order valence-electron chi connectivity index (χ4n) is 8.30. The van der Waals surface area contributed by atoms with Crippen LogP contribution >= 0.6 is 0 Å². The molecule has 0 saturated carbocycles. The molecule has 434 valence electrons. The number of azo groups is 2. The van der Waals surface area contributed by atoms with E-state index >= 15 is 0 Å². The average molecular weight is 1260 g/mol. The van der Waals surface area contributed by atoms with Gasteiger partial charge in [-0.1, -0.05) is 31.2 Å². The maximum Gasteiger partial charge on any atom is 0.320 e. The van der Waals surface area contributed by atoms with Crippen LogP contribution in [0.3, 0.4) is 0 Å². The quantitative estimate of drug-likeness (QED) is 0.0268. The zero-order valence-corrected chi connectivity index (χ0v) is 47.7. The van der Waals surface area contributed by atoms with Gasteiger partial charge in [-0.3, -0.25) is 27.7 Å². The predicted molar refractivity (Wildman–Crippen MR) is 305 cm³/mol. The number of hydrogen-bond acceptors (Lipinski definition) is 22. The van der Waals surface area contributed by atoms with Crippen LogP contribution in [0, 0.1) is 6.92 Å². The lowest BCUT2D eigenvalue weighted by Gasteiger charge is -2.13. The van der Waals surface area contributed by atoms with Gasteiger partial charge in [0.15, 0.2) is 0 Å². The van der Waals surface area contributed by atoms with Crippen LogP contribution < -0.4 is 20.1 Å². The summed E-state index contributed by atoms with van der Waals surface area (Å²) in [5, 5.41) is 32.1. The molecule has 9 N–H and O–H groups in total. The topological polar surface area (TPSA) is 442 Å². The first-order chi connectivity index (χ1) is 39.3. The summed E-state index contributed by atoms with van der Waals surface area (Å²) < 4.78 is 194. The number of nitrogens with one attached hydrogen (secondary N) is 4. The number of sulfonamides is 2. The van der Waals surface area contributed by atoms with E-state index in [1.165, 1.54) is 60.7 Å². The molecule has 0 spiro atoms. The molecule has 0 unspecified atom stereocenters. The minimum absolute atomic E-state index is 0.0423. The van der Waals surface area contributed by atoms with Crippen LogP contribution in [0.4, 0.5) is 57.4 Å². The zero-order chi connectivity index (χ0) is 60.7. The third kappa shape index (κ3) is 13.6. The molecule has 0 fully saturated rings. The molecule has 0 amide bonds. The van der Waals surface area contributed by atoms with Crippen molar-refractivity contribution < 1.29 is 73.8 Å². The molecule has 34 heteroatoms. The minimum Gasteiger partial charge on any atom is -0.479 e. The zero-order valence-electron chi connectivity index (χ0n) is 42.8. The van der Waals surface area contributed by atoms with Crippen LogP contribution in [0.1, 0.15) is 18.1 Å². The van der Waals surface area contributed by atoms with Gasteiger partial charge in [0.1, 0.15) is 19.6 Å². The molecule has 1 aromatic heterocycles. The Balaban J connectivity index is 0.833. The molecule has 0 atom stereocenters. The van der Waals surface area contributed by atoms with Gasteiger partial charge >= 0.3 is 6.01 Å². The summed E-state index contributed by atoms with van der Waals surface area (Å²) in [6.45, 7) is 3.59. The SMILES string of the molecule is CCc1cc(Nc2nc(O)nc(Nc3ccc(N=Nc4ccc(S(=O)(=O)Nc5cc(S(=O)(=O)O)c6cccc(S(=O)(=O)O)c6c5)cc4)c(C)c3)n2)ccc1N=Nc1ccc(S(=O)(=O)Nc2cc(S(=O)(=O)O)c3cccc(S(=O)(=O)O)c3c2)cc1. The molecule has 84 heavy (non-hydrogen) atoms. The smallest absolute Gasteiger partial charge is 0.320 e. The third-order valence-corrected chi connectivity index (χ3v) is 18.5. The van der Waals surface area contributed by atoms with Crippen LogP contribution in [-0.2, 0) is 66.9 Å². The molecule has 0 aliphatic rings. The highest BCUT2D eigenvalue weighted by Crippen LogP contribution is 2.36. The van der Waals surface area contributed by atoms with Crippen molar-refractivity contribution in [2.75, 3.05) is 20.1 Å². The Morgan fingerprint density at radius 2 is 0.821 bits per heavy atom. The van der Waals surface area contributed by atoms with Crippen molar-refractivity contribution in [1.82, 2.24) is 15.0 Å². The minimum atomic E-state index is -5.02. The van der Waals surface area contributed by atoms with Gasteiger partial charge in [-0.15, -0.1) is 0 Å². The lowest BCUT2D eigenvalue weighted by atomic mass is 10.1. The number of nitrogens with zero attached hydrogens (tertiary/aromatic N) is 7. The molecule has 0 bridgehead atoms. The van der Waals surface area contributed by atoms with E-state index in [0.717, 1.165) is 48.5 Å². The molecular formula is C50H41N11O17S6. The molecule has 0 radical (unpaired) electrons. The number of anilines is 6. The molecule has 28 nitrogen and oxygen atoms in total. The second-order valence-electron chi connectivity index (χ2n) is 17.9. The highest BCUT2D eigenvalue weighted by atomic mass is 32.2. The third-order valence-electron chi connectivity index (χ3n) is 12.1. The maximum atomic E-state index is 13.4. The van der Waals surface area contributed by atoms with E-state index in [9.17, 15) is 73.8 Å². The highest BCUT2D eigenvalue weighted by molar-refractivity contribution is 7.93. The van der Waals surface area contributed by atoms with E-state index in [0.29, 0.717) is 40.3 Å². The Labute approximate surface area is 478 Å². The lowest BCUT2D eigenvalue weighted by molar-refractivity contribution is 0.430. The lowest BCUT2D eigenvalue weighted by Crippen LogP contribution is -2.14. The Kier molecular flexibility index (Phi) is 16.1. The first kappa shape index (κ1) is 59.6. The van der Waals surface area contributed by atoms with Crippen molar-refractivity contribution in [3.05, 3.63) is 157 Å². The van der Waals surface area contributed by atoms with Crippen molar-refractivity contribution in [3.8, 4) is 6.01 Å². The largest absolute Gasteiger partial charge is 0.479 e. The number of aromatic hydroxyl groups is 1. The number of benzene rings is 8. The Bertz CT molecular complexity index is 4940. The first-order valence-corrected chi connectivity index (χ1v) is 32.4. The molecule has 1 heterocycles. The summed E-state index contributed by atoms with van der Waals surface area (Å²) >= 11 is 0. The summed E-state index contributed by atoms with van der Waals surface area (Å²) in [5.41, 5.74) is 2.71. The number of hydrogen-bond donors (Lipinski definition) is 9. The van der Waals surface area contributed by atoms with Crippen molar-refractivity contribution in [2.45, 2.75) is 49.6 Å². The Hall–Kier alpha value is -8.97. The summed E-state index contributed by atoms with van der Waals surface area (Å²) in [6.07, 6.45) is 0.471. The van der Waals surface area contributed by atoms with E-state index in [2.05, 4.69) is 55.5 Å². The molecule has 9 rings (SSSR count). The van der Waals surface area contributed by atoms with E-state index in [4.69, 9.17) is 0 Å². The first-order valence-electron chi connectivity index (χ1n) is 23.7. The summed E-state index contributed by atoms with van der Waals surface area (Å²) in [6, 6.07) is 29.5. The number of rotatable bonds is 19. The predicted octanol–water partition coefficient (Wildman–Crippen LogP) is 9.66. The van der Waals surface area contributed by atoms with Crippen molar-refractivity contribution >= 4 is 139 Å². The maximum absolute atomic E-state index is 13.4. The second kappa shape index (κ2) is 22.6. The molecule has 8 aromatic carbocycles. The van der Waals surface area contributed by atoms with Gasteiger partial charge in [0.05, 0.1) is 43.9 Å². The van der Waals surface area contributed by atoms with E-state index in [-0.39, 0.29) is 54.6 Å². The Morgan fingerprint density at radius 3 is 1.23 bits per heavy atom. The van der Waals surface area contributed by atoms with Crippen molar-refractivity contribution in [1.29, 1.82) is 0 Å². The summed E-state index contributed by atoms with van der Waals surface area (Å²) in [5.74, 6) is -0.0880. The second-order valence-corrected chi connectivity index (χ2v) is 26.8. The van der Waals surface area contributed by atoms with Crippen LogP contribution in [0.15, 0.2) is 195 Å². The standard InChI is InChI=1S/C50H41N11O17S6/c1-3-29-23-33(15-21-43(29)59-57-31-12-18-37(19-13-31)80(65,66)61-35-25-41-39(47(27-35)84(76,77)78)7-5-9-45(41)82(70,71)72)52-49-53-48(54-50(62)55-49)51-32-14-20-42(28(2)22-32)58-56-30-10-16-36(17-11-30)79(63,64)60-34-24-40-38(46(26-34)83(73,74)75)6-4-8-44(40)81(67,68)69/h4-27,60-61H,3H2,1-2H3,(H,67,68,69)(H,70,71,72)(H,73,74,75)(H,76,77,78)(H3,51,52,53,54,55,62). The van der Waals surface area contributed by atoms with Gasteiger partial charge in [0.25, 0.3) is 60.5 Å². The van der Waals surface area contributed by atoms with E-state index in [1.54, 1.807) is 43.3 Å². The van der Waals surface area contributed by atoms with E-state index in [1.807, 2.05) is 6.92 Å². The number of fused-ring (bicyclic) bond motifs is 2. The fraction of sp³-hybridized carbons (Fsp3) is 0.0600. The number of aryl methyl sites for hydroxylation is 2. The summed E-state index contributed by atoms with van der Waals surface area (Å²) in [7, 11) is -28.8. The molecule has 9 aromatic rings. The molecule has 0 aliphatic carbocycles. The molecular weight excluding hydrogens is 1220 g/mol. The van der Waals surface area contributed by atoms with Crippen LogP contribution in [0.5, 0.6) is 6.01 Å². The van der Waals surface area contributed by atoms with Crippen molar-refractivity contribution in [2.24, 2.45) is 20.5 Å². The van der Waals surface area contributed by atoms with Gasteiger partial charge in [-0.25, -0.2) is 16.8 Å². The van der Waals surface area contributed by atoms with Gasteiger partial charge < -0.3 is 15.7 Å². The molecule has 0 aliphatic heterocycles. The number of aromatic nitrogens is 3. The van der Waals surface area contributed by atoms with Gasteiger partial charge in [-0.05, 0) is 146 Å². The Morgan fingerprint density at radius 1 is 0.417 bits per heavy atom.